The van der Waals surface area contributed by atoms with Crippen LogP contribution in [0.4, 0.5) is 5.82 Å². The number of anilines is 1. The minimum absolute atomic E-state index is 0.672. The van der Waals surface area contributed by atoms with Gasteiger partial charge in [0.05, 0.1) is 0 Å². The summed E-state index contributed by atoms with van der Waals surface area (Å²) in [7, 11) is 1.93. The fourth-order valence-electron chi connectivity index (χ4n) is 2.52. The summed E-state index contributed by atoms with van der Waals surface area (Å²) in [6, 6.07) is 2.13. The van der Waals surface area contributed by atoms with Crippen molar-refractivity contribution in [2.24, 2.45) is 0 Å². The lowest BCUT2D eigenvalue weighted by Crippen LogP contribution is -2.06. The quantitative estimate of drug-likeness (QED) is 0.845. The van der Waals surface area contributed by atoms with Crippen molar-refractivity contribution >= 4 is 5.82 Å². The smallest absolute Gasteiger partial charge is 0.131 e. The second-order valence-electron chi connectivity index (χ2n) is 4.93. The number of unbranched alkanes of at least 4 members (excludes halogenated alkanes) is 1. The summed E-state index contributed by atoms with van der Waals surface area (Å²) in [5.74, 6) is 2.67. The number of hydrogen-bond donors (Lipinski definition) is 1. The molecule has 0 radical (unpaired) electrons. The van der Waals surface area contributed by atoms with Crippen LogP contribution in [-0.4, -0.2) is 17.0 Å². The van der Waals surface area contributed by atoms with Gasteiger partial charge in [-0.25, -0.2) is 9.97 Å². The van der Waals surface area contributed by atoms with Gasteiger partial charge < -0.3 is 5.32 Å². The van der Waals surface area contributed by atoms with E-state index in [-0.39, 0.29) is 0 Å². The van der Waals surface area contributed by atoms with E-state index in [0.717, 1.165) is 18.1 Å². The van der Waals surface area contributed by atoms with Crippen LogP contribution in [0.25, 0.3) is 0 Å². The Kier molecular flexibility index (Phi) is 4.35. The van der Waals surface area contributed by atoms with Crippen molar-refractivity contribution in [2.45, 2.75) is 57.8 Å². The first-order valence-corrected chi connectivity index (χ1v) is 6.89. The zero-order chi connectivity index (χ0) is 12.1. The summed E-state index contributed by atoms with van der Waals surface area (Å²) < 4.78 is 0. The molecule has 17 heavy (non-hydrogen) atoms. The first-order valence-electron chi connectivity index (χ1n) is 6.89. The first kappa shape index (κ1) is 12.3. The molecule has 3 heteroatoms. The highest BCUT2D eigenvalue weighted by molar-refractivity contribution is 5.36. The highest BCUT2D eigenvalue weighted by Crippen LogP contribution is 2.33. The predicted octanol–water partition coefficient (Wildman–Crippen LogP) is 3.52. The third kappa shape index (κ3) is 3.18. The van der Waals surface area contributed by atoms with E-state index in [0.29, 0.717) is 5.92 Å². The van der Waals surface area contributed by atoms with Gasteiger partial charge in [-0.05, 0) is 19.3 Å². The van der Waals surface area contributed by atoms with Gasteiger partial charge in [-0.2, -0.15) is 0 Å². The van der Waals surface area contributed by atoms with Gasteiger partial charge in [0.25, 0.3) is 0 Å². The summed E-state index contributed by atoms with van der Waals surface area (Å²) in [4.78, 5) is 9.29. The summed E-state index contributed by atoms with van der Waals surface area (Å²) in [6.45, 7) is 2.21. The molecule has 0 atom stereocenters. The Morgan fingerprint density at radius 3 is 2.71 bits per heavy atom. The molecule has 3 nitrogen and oxygen atoms in total. The zero-order valence-corrected chi connectivity index (χ0v) is 11.0. The van der Waals surface area contributed by atoms with E-state index in [1.807, 2.05) is 7.05 Å². The normalized spacial score (nSPS) is 16.4. The number of hydrogen-bond acceptors (Lipinski definition) is 3. The van der Waals surface area contributed by atoms with Crippen molar-refractivity contribution in [1.29, 1.82) is 0 Å². The molecule has 0 aliphatic heterocycles. The van der Waals surface area contributed by atoms with Crippen LogP contribution in [0.2, 0.25) is 0 Å². The van der Waals surface area contributed by atoms with Crippen molar-refractivity contribution in [3.05, 3.63) is 17.6 Å². The molecule has 1 aromatic rings. The molecule has 1 heterocycles. The molecule has 0 saturated heterocycles. The number of aryl methyl sites for hydroxylation is 1. The number of rotatable bonds is 5. The Morgan fingerprint density at radius 2 is 2.06 bits per heavy atom. The van der Waals surface area contributed by atoms with E-state index >= 15 is 0 Å². The van der Waals surface area contributed by atoms with Crippen LogP contribution in [0.1, 0.15) is 62.9 Å². The van der Waals surface area contributed by atoms with Gasteiger partial charge >= 0.3 is 0 Å². The summed E-state index contributed by atoms with van der Waals surface area (Å²) in [6.07, 6.45) is 8.69. The summed E-state index contributed by atoms with van der Waals surface area (Å²) >= 11 is 0. The average molecular weight is 233 g/mol. The van der Waals surface area contributed by atoms with Crippen LogP contribution < -0.4 is 5.32 Å². The van der Waals surface area contributed by atoms with E-state index in [4.69, 9.17) is 4.98 Å². The molecule has 0 unspecified atom stereocenters. The van der Waals surface area contributed by atoms with Gasteiger partial charge in [0.15, 0.2) is 0 Å². The van der Waals surface area contributed by atoms with Crippen molar-refractivity contribution < 1.29 is 0 Å². The first-order chi connectivity index (χ1) is 8.33. The molecule has 94 valence electrons. The van der Waals surface area contributed by atoms with E-state index in [2.05, 4.69) is 23.3 Å². The predicted molar refractivity (Wildman–Crippen MR) is 71.4 cm³/mol. The molecule has 0 aromatic carbocycles. The Labute approximate surface area is 104 Å². The highest BCUT2D eigenvalue weighted by atomic mass is 15.0. The van der Waals surface area contributed by atoms with E-state index in [1.54, 1.807) is 0 Å². The Balaban J connectivity index is 2.18. The highest BCUT2D eigenvalue weighted by Gasteiger charge is 2.19. The maximum Gasteiger partial charge on any atom is 0.131 e. The van der Waals surface area contributed by atoms with Crippen LogP contribution in [0.5, 0.6) is 0 Å². The Bertz CT molecular complexity index is 356. The standard InChI is InChI=1S/C14H23N3/c1-3-4-9-13-16-12(10-14(15-2)17-13)11-7-5-6-8-11/h10-11H,3-9H2,1-2H3,(H,15,16,17). The zero-order valence-electron chi connectivity index (χ0n) is 11.0. The molecule has 0 bridgehead atoms. The van der Waals surface area contributed by atoms with Crippen LogP contribution in [0.15, 0.2) is 6.07 Å². The average Bonchev–Trinajstić information content (AvgIpc) is 2.89. The minimum atomic E-state index is 0.672. The van der Waals surface area contributed by atoms with Crippen LogP contribution in [-0.2, 0) is 6.42 Å². The maximum absolute atomic E-state index is 4.75. The Hall–Kier alpha value is -1.12. The van der Waals surface area contributed by atoms with Gasteiger partial charge in [0.1, 0.15) is 11.6 Å². The molecular formula is C14H23N3. The van der Waals surface area contributed by atoms with E-state index < -0.39 is 0 Å². The molecule has 2 rings (SSSR count). The third-order valence-corrected chi connectivity index (χ3v) is 3.58. The maximum atomic E-state index is 4.75. The lowest BCUT2D eigenvalue weighted by Gasteiger charge is -2.12. The molecule has 0 amide bonds. The summed E-state index contributed by atoms with van der Waals surface area (Å²) in [5.41, 5.74) is 1.26. The molecule has 1 fully saturated rings. The minimum Gasteiger partial charge on any atom is -0.373 e. The molecule has 1 N–H and O–H groups in total. The van der Waals surface area contributed by atoms with Gasteiger partial charge in [-0.1, -0.05) is 26.2 Å². The monoisotopic (exact) mass is 233 g/mol. The van der Waals surface area contributed by atoms with Gasteiger partial charge in [-0.15, -0.1) is 0 Å². The van der Waals surface area contributed by atoms with Crippen molar-refractivity contribution in [3.8, 4) is 0 Å². The number of aromatic nitrogens is 2. The lowest BCUT2D eigenvalue weighted by atomic mass is 10.0. The second-order valence-corrected chi connectivity index (χ2v) is 4.93. The third-order valence-electron chi connectivity index (χ3n) is 3.58. The molecular weight excluding hydrogens is 210 g/mol. The molecule has 1 aliphatic rings. The van der Waals surface area contributed by atoms with Crippen molar-refractivity contribution in [3.63, 3.8) is 0 Å². The van der Waals surface area contributed by atoms with Gasteiger partial charge in [-0.3, -0.25) is 0 Å². The molecule has 0 spiro atoms. The Morgan fingerprint density at radius 1 is 1.29 bits per heavy atom. The molecule has 1 aliphatic carbocycles. The fourth-order valence-corrected chi connectivity index (χ4v) is 2.52. The molecule has 1 aromatic heterocycles. The van der Waals surface area contributed by atoms with Crippen molar-refractivity contribution in [2.75, 3.05) is 12.4 Å². The number of nitrogens with zero attached hydrogens (tertiary/aromatic N) is 2. The lowest BCUT2D eigenvalue weighted by molar-refractivity contribution is 0.673. The van der Waals surface area contributed by atoms with Crippen LogP contribution in [0.3, 0.4) is 0 Å². The van der Waals surface area contributed by atoms with Crippen LogP contribution >= 0.6 is 0 Å². The summed E-state index contributed by atoms with van der Waals surface area (Å²) in [5, 5.41) is 3.16. The van der Waals surface area contributed by atoms with Crippen LogP contribution in [0, 0.1) is 0 Å². The second kappa shape index (κ2) is 5.99. The fraction of sp³-hybridized carbons (Fsp3) is 0.714. The SMILES string of the molecule is CCCCc1nc(NC)cc(C2CCCC2)n1. The van der Waals surface area contributed by atoms with Gasteiger partial charge in [0, 0.05) is 31.1 Å². The van der Waals surface area contributed by atoms with Crippen molar-refractivity contribution in [1.82, 2.24) is 9.97 Å². The van der Waals surface area contributed by atoms with E-state index in [1.165, 1.54) is 44.2 Å². The van der Waals surface area contributed by atoms with Gasteiger partial charge in [0.2, 0.25) is 0 Å². The van der Waals surface area contributed by atoms with E-state index in [9.17, 15) is 0 Å². The number of nitrogens with one attached hydrogen (secondary N) is 1. The topological polar surface area (TPSA) is 37.8 Å². The largest absolute Gasteiger partial charge is 0.373 e. The molecule has 1 saturated carbocycles.